The minimum Gasteiger partial charge on any atom is -0.369 e. The zero-order valence-corrected chi connectivity index (χ0v) is 11.1. The van der Waals surface area contributed by atoms with Crippen LogP contribution in [0.1, 0.15) is 9.75 Å². The van der Waals surface area contributed by atoms with Gasteiger partial charge in [-0.3, -0.25) is 0 Å². The van der Waals surface area contributed by atoms with Gasteiger partial charge >= 0.3 is 0 Å². The highest BCUT2D eigenvalue weighted by Crippen LogP contribution is 2.20. The molecular weight excluding hydrogens is 228 g/mol. The second-order valence-electron chi connectivity index (χ2n) is 4.09. The molecule has 0 bridgehead atoms. The van der Waals surface area contributed by atoms with Gasteiger partial charge in [0.2, 0.25) is 0 Å². The fourth-order valence-electron chi connectivity index (χ4n) is 1.78. The number of anilines is 1. The number of nitrogens with one attached hydrogen (secondary N) is 1. The van der Waals surface area contributed by atoms with E-state index >= 15 is 0 Å². The monoisotopic (exact) mass is 246 g/mol. The number of hydrogen-bond acceptors (Lipinski definition) is 3. The number of rotatable bonds is 5. The van der Waals surface area contributed by atoms with Gasteiger partial charge in [0.1, 0.15) is 0 Å². The minimum atomic E-state index is 0.958. The molecule has 0 saturated heterocycles. The first-order chi connectivity index (χ1) is 8.29. The van der Waals surface area contributed by atoms with E-state index in [0.717, 1.165) is 13.1 Å². The first-order valence-corrected chi connectivity index (χ1v) is 6.59. The summed E-state index contributed by atoms with van der Waals surface area (Å²) in [5.74, 6) is 0. The summed E-state index contributed by atoms with van der Waals surface area (Å²) in [4.78, 5) is 5.07. The van der Waals surface area contributed by atoms with Gasteiger partial charge in [-0.05, 0) is 31.3 Å². The Morgan fingerprint density at radius 2 is 1.76 bits per heavy atom. The second-order valence-corrected chi connectivity index (χ2v) is 5.34. The van der Waals surface area contributed by atoms with Crippen molar-refractivity contribution in [3.63, 3.8) is 0 Å². The molecule has 3 heteroatoms. The van der Waals surface area contributed by atoms with E-state index in [-0.39, 0.29) is 0 Å². The molecule has 0 saturated carbocycles. The van der Waals surface area contributed by atoms with Gasteiger partial charge in [0.15, 0.2) is 0 Å². The van der Waals surface area contributed by atoms with Crippen LogP contribution in [0.2, 0.25) is 0 Å². The van der Waals surface area contributed by atoms with E-state index in [1.165, 1.54) is 15.4 Å². The Labute approximate surface area is 107 Å². The summed E-state index contributed by atoms with van der Waals surface area (Å²) in [5.41, 5.74) is 1.26. The van der Waals surface area contributed by atoms with Crippen molar-refractivity contribution in [1.29, 1.82) is 0 Å². The zero-order valence-electron chi connectivity index (χ0n) is 10.3. The molecular formula is C14H18N2S. The van der Waals surface area contributed by atoms with Crippen LogP contribution in [0.5, 0.6) is 0 Å². The lowest BCUT2D eigenvalue weighted by Gasteiger charge is -2.18. The van der Waals surface area contributed by atoms with Crippen molar-refractivity contribution in [1.82, 2.24) is 5.32 Å². The quantitative estimate of drug-likeness (QED) is 0.872. The van der Waals surface area contributed by atoms with Crippen molar-refractivity contribution in [3.8, 4) is 0 Å². The van der Waals surface area contributed by atoms with Crippen LogP contribution in [0.15, 0.2) is 42.5 Å². The molecule has 90 valence electrons. The van der Waals surface area contributed by atoms with E-state index in [0.29, 0.717) is 0 Å². The summed E-state index contributed by atoms with van der Waals surface area (Å²) in [7, 11) is 4.11. The fraction of sp³-hybridized carbons (Fsp3) is 0.286. The van der Waals surface area contributed by atoms with Crippen LogP contribution in [0.25, 0.3) is 0 Å². The molecule has 0 aliphatic heterocycles. The topological polar surface area (TPSA) is 15.3 Å². The van der Waals surface area contributed by atoms with E-state index in [2.05, 4.69) is 53.7 Å². The second kappa shape index (κ2) is 5.84. The molecule has 0 radical (unpaired) electrons. The molecule has 1 aromatic heterocycles. The van der Waals surface area contributed by atoms with E-state index in [1.54, 1.807) is 0 Å². The smallest absolute Gasteiger partial charge is 0.0519 e. The lowest BCUT2D eigenvalue weighted by Crippen LogP contribution is -2.15. The Morgan fingerprint density at radius 1 is 1.06 bits per heavy atom. The van der Waals surface area contributed by atoms with E-state index in [9.17, 15) is 0 Å². The Bertz CT molecular complexity index is 450. The number of benzene rings is 1. The van der Waals surface area contributed by atoms with Crippen molar-refractivity contribution in [2.45, 2.75) is 13.1 Å². The van der Waals surface area contributed by atoms with Gasteiger partial charge in [-0.25, -0.2) is 0 Å². The fourth-order valence-corrected chi connectivity index (χ4v) is 2.87. The standard InChI is InChI=1S/C14H18N2S/c1-15-10-13-8-9-14(17-13)11-16(2)12-6-4-3-5-7-12/h3-9,15H,10-11H2,1-2H3. The van der Waals surface area contributed by atoms with Gasteiger partial charge < -0.3 is 10.2 Å². The molecule has 0 aliphatic carbocycles. The molecule has 2 rings (SSSR count). The predicted octanol–water partition coefficient (Wildman–Crippen LogP) is 3.10. The Kier molecular flexibility index (Phi) is 4.18. The van der Waals surface area contributed by atoms with Gasteiger partial charge in [0, 0.05) is 29.0 Å². The van der Waals surface area contributed by atoms with Crippen molar-refractivity contribution in [2.24, 2.45) is 0 Å². The number of nitrogens with zero attached hydrogens (tertiary/aromatic N) is 1. The maximum absolute atomic E-state index is 3.18. The Morgan fingerprint density at radius 3 is 2.47 bits per heavy atom. The molecule has 2 nitrogen and oxygen atoms in total. The third kappa shape index (κ3) is 3.32. The number of hydrogen-bond donors (Lipinski definition) is 1. The van der Waals surface area contributed by atoms with Crippen molar-refractivity contribution in [2.75, 3.05) is 19.0 Å². The molecule has 0 unspecified atom stereocenters. The Balaban J connectivity index is 2.00. The highest BCUT2D eigenvalue weighted by atomic mass is 32.1. The predicted molar refractivity (Wildman–Crippen MR) is 75.6 cm³/mol. The van der Waals surface area contributed by atoms with Crippen LogP contribution in [-0.2, 0) is 13.1 Å². The van der Waals surface area contributed by atoms with Crippen molar-refractivity contribution in [3.05, 3.63) is 52.2 Å². The van der Waals surface area contributed by atoms with Crippen LogP contribution < -0.4 is 10.2 Å². The first kappa shape index (κ1) is 12.1. The van der Waals surface area contributed by atoms with Crippen LogP contribution in [0.3, 0.4) is 0 Å². The third-order valence-electron chi connectivity index (χ3n) is 2.66. The van der Waals surface area contributed by atoms with Crippen molar-refractivity contribution >= 4 is 17.0 Å². The summed E-state index contributed by atoms with van der Waals surface area (Å²) >= 11 is 1.88. The molecule has 1 N–H and O–H groups in total. The van der Waals surface area contributed by atoms with E-state index < -0.39 is 0 Å². The van der Waals surface area contributed by atoms with Crippen LogP contribution >= 0.6 is 11.3 Å². The Hall–Kier alpha value is -1.32. The molecule has 0 spiro atoms. The van der Waals surface area contributed by atoms with Crippen LogP contribution in [0.4, 0.5) is 5.69 Å². The SMILES string of the molecule is CNCc1ccc(CN(C)c2ccccc2)s1. The summed E-state index contributed by atoms with van der Waals surface area (Å²) < 4.78 is 0. The molecule has 1 heterocycles. The van der Waals surface area contributed by atoms with Gasteiger partial charge in [-0.15, -0.1) is 11.3 Å². The normalized spacial score (nSPS) is 10.5. The molecule has 0 amide bonds. The third-order valence-corrected chi connectivity index (χ3v) is 3.73. The van der Waals surface area contributed by atoms with Crippen LogP contribution in [-0.4, -0.2) is 14.1 Å². The largest absolute Gasteiger partial charge is 0.369 e. The van der Waals surface area contributed by atoms with Crippen LogP contribution in [0, 0.1) is 0 Å². The zero-order chi connectivity index (χ0) is 12.1. The van der Waals surface area contributed by atoms with Gasteiger partial charge in [0.05, 0.1) is 6.54 Å². The van der Waals surface area contributed by atoms with Gasteiger partial charge in [-0.1, -0.05) is 18.2 Å². The van der Waals surface area contributed by atoms with E-state index in [4.69, 9.17) is 0 Å². The maximum atomic E-state index is 3.18. The average molecular weight is 246 g/mol. The first-order valence-electron chi connectivity index (χ1n) is 5.78. The molecule has 0 atom stereocenters. The lowest BCUT2D eigenvalue weighted by molar-refractivity contribution is 0.831. The highest BCUT2D eigenvalue weighted by molar-refractivity contribution is 7.12. The molecule has 0 fully saturated rings. The number of thiophene rings is 1. The minimum absolute atomic E-state index is 0.958. The molecule has 1 aromatic carbocycles. The van der Waals surface area contributed by atoms with E-state index in [1.807, 2.05) is 24.5 Å². The highest BCUT2D eigenvalue weighted by Gasteiger charge is 2.04. The maximum Gasteiger partial charge on any atom is 0.0519 e. The average Bonchev–Trinajstić information content (AvgIpc) is 2.78. The van der Waals surface area contributed by atoms with Gasteiger partial charge in [0.25, 0.3) is 0 Å². The molecule has 17 heavy (non-hydrogen) atoms. The van der Waals surface area contributed by atoms with Crippen molar-refractivity contribution < 1.29 is 0 Å². The molecule has 0 aliphatic rings. The summed E-state index contributed by atoms with van der Waals surface area (Å²) in [6.45, 7) is 1.93. The van der Waals surface area contributed by atoms with Gasteiger partial charge in [-0.2, -0.15) is 0 Å². The number of para-hydroxylation sites is 1. The summed E-state index contributed by atoms with van der Waals surface area (Å²) in [5, 5.41) is 3.18. The summed E-state index contributed by atoms with van der Waals surface area (Å²) in [6, 6.07) is 14.9. The summed E-state index contributed by atoms with van der Waals surface area (Å²) in [6.07, 6.45) is 0. The lowest BCUT2D eigenvalue weighted by atomic mass is 10.3. The molecule has 2 aromatic rings.